The summed E-state index contributed by atoms with van der Waals surface area (Å²) in [7, 11) is -3.73. The van der Waals surface area contributed by atoms with Crippen molar-refractivity contribution in [2.75, 3.05) is 19.8 Å². The summed E-state index contributed by atoms with van der Waals surface area (Å²) in [6, 6.07) is 16.8. The number of hydrogen-bond acceptors (Lipinski definition) is 5. The fourth-order valence-corrected chi connectivity index (χ4v) is 5.73. The molecule has 31 heavy (non-hydrogen) atoms. The Bertz CT molecular complexity index is 1300. The summed E-state index contributed by atoms with van der Waals surface area (Å²) < 4.78 is 40.3. The number of fused-ring (bicyclic) bond motifs is 2. The zero-order valence-electron chi connectivity index (χ0n) is 16.7. The van der Waals surface area contributed by atoms with Crippen molar-refractivity contribution < 1.29 is 17.9 Å². The van der Waals surface area contributed by atoms with E-state index < -0.39 is 10.0 Å². The molecule has 3 heterocycles. The van der Waals surface area contributed by atoms with Gasteiger partial charge in [-0.05, 0) is 35.2 Å². The predicted octanol–water partition coefficient (Wildman–Crippen LogP) is 4.50. The van der Waals surface area contributed by atoms with Crippen LogP contribution in [0, 0.1) is 0 Å². The van der Waals surface area contributed by atoms with Gasteiger partial charge in [0.25, 0.3) is 0 Å². The van der Waals surface area contributed by atoms with Crippen LogP contribution in [0.2, 0.25) is 0 Å². The molecule has 2 aromatic carbocycles. The summed E-state index contributed by atoms with van der Waals surface area (Å²) in [5.41, 5.74) is 2.10. The molecular weight excluding hydrogens is 432 g/mol. The second-order valence-corrected chi connectivity index (χ2v) is 10.1. The summed E-state index contributed by atoms with van der Waals surface area (Å²) in [6.07, 6.45) is 2.74. The number of hydrogen-bond donors (Lipinski definition) is 2. The smallest absolute Gasteiger partial charge is 0.240 e. The molecule has 0 bridgehead atoms. The number of H-pyrrole nitrogens is 1. The molecular formula is C23H22N2O4S2. The number of ether oxygens (including phenoxy) is 2. The predicted molar refractivity (Wildman–Crippen MR) is 122 cm³/mol. The first-order valence-electron chi connectivity index (χ1n) is 10.1. The van der Waals surface area contributed by atoms with E-state index in [2.05, 4.69) is 15.8 Å². The number of thiophene rings is 1. The summed E-state index contributed by atoms with van der Waals surface area (Å²) >= 11 is 1.62. The second-order valence-electron chi connectivity index (χ2n) is 7.37. The van der Waals surface area contributed by atoms with Crippen molar-refractivity contribution in [3.8, 4) is 11.5 Å². The van der Waals surface area contributed by atoms with Crippen molar-refractivity contribution in [1.29, 1.82) is 0 Å². The summed E-state index contributed by atoms with van der Waals surface area (Å²) in [5.74, 6) is 0.935. The molecule has 2 N–H and O–H groups in total. The van der Waals surface area contributed by atoms with Crippen LogP contribution in [0.15, 0.2) is 71.1 Å². The van der Waals surface area contributed by atoms with Gasteiger partial charge in [-0.15, -0.1) is 11.3 Å². The van der Waals surface area contributed by atoms with Gasteiger partial charge >= 0.3 is 0 Å². The fraction of sp³-hybridized carbons (Fsp3) is 0.217. The Morgan fingerprint density at radius 2 is 1.87 bits per heavy atom. The minimum absolute atomic E-state index is 0.105. The molecule has 4 aromatic rings. The summed E-state index contributed by atoms with van der Waals surface area (Å²) in [6.45, 7) is 1.31. The van der Waals surface area contributed by atoms with Gasteiger partial charge in [0.1, 0.15) is 0 Å². The van der Waals surface area contributed by atoms with Gasteiger partial charge in [0.2, 0.25) is 10.0 Å². The van der Waals surface area contributed by atoms with Crippen molar-refractivity contribution in [1.82, 2.24) is 9.71 Å². The first-order chi connectivity index (χ1) is 15.1. The van der Waals surface area contributed by atoms with Gasteiger partial charge in [0, 0.05) is 46.9 Å². The third-order valence-electron chi connectivity index (χ3n) is 5.39. The van der Waals surface area contributed by atoms with Crippen LogP contribution >= 0.6 is 11.3 Å². The molecule has 6 nitrogen and oxygen atoms in total. The van der Waals surface area contributed by atoms with E-state index in [1.165, 1.54) is 6.07 Å². The molecule has 0 spiro atoms. The van der Waals surface area contributed by atoms with E-state index in [-0.39, 0.29) is 17.4 Å². The Hall–Kier alpha value is -2.81. The largest absolute Gasteiger partial charge is 0.490 e. The van der Waals surface area contributed by atoms with Crippen LogP contribution in [0.1, 0.15) is 22.8 Å². The van der Waals surface area contributed by atoms with E-state index >= 15 is 0 Å². The van der Waals surface area contributed by atoms with Crippen LogP contribution in [0.25, 0.3) is 10.9 Å². The molecule has 1 unspecified atom stereocenters. The van der Waals surface area contributed by atoms with Crippen molar-refractivity contribution in [3.05, 3.63) is 76.6 Å². The quantitative estimate of drug-likeness (QED) is 0.450. The zero-order chi connectivity index (χ0) is 21.3. The van der Waals surface area contributed by atoms with Gasteiger partial charge < -0.3 is 14.5 Å². The van der Waals surface area contributed by atoms with Gasteiger partial charge in [-0.1, -0.05) is 24.3 Å². The van der Waals surface area contributed by atoms with Crippen LogP contribution < -0.4 is 14.2 Å². The van der Waals surface area contributed by atoms with E-state index in [0.717, 1.165) is 27.8 Å². The first kappa shape index (κ1) is 20.1. The number of nitrogens with one attached hydrogen (secondary N) is 2. The number of sulfonamides is 1. The number of aromatic amines is 1. The summed E-state index contributed by atoms with van der Waals surface area (Å²) in [4.78, 5) is 4.57. The second kappa shape index (κ2) is 8.37. The Labute approximate surface area is 184 Å². The number of aromatic nitrogens is 1. The minimum atomic E-state index is -3.73. The molecule has 1 aliphatic rings. The van der Waals surface area contributed by atoms with E-state index in [1.807, 2.05) is 41.9 Å². The van der Waals surface area contributed by atoms with Crippen LogP contribution in [-0.2, 0) is 10.0 Å². The highest BCUT2D eigenvalue weighted by atomic mass is 32.2. The van der Waals surface area contributed by atoms with Gasteiger partial charge in [-0.25, -0.2) is 13.1 Å². The molecule has 0 amide bonds. The first-order valence-corrected chi connectivity index (χ1v) is 12.5. The Morgan fingerprint density at radius 3 is 2.71 bits per heavy atom. The average molecular weight is 455 g/mol. The lowest BCUT2D eigenvalue weighted by atomic mass is 9.97. The topological polar surface area (TPSA) is 80.4 Å². The maximum atomic E-state index is 13.1. The monoisotopic (exact) mass is 454 g/mol. The highest BCUT2D eigenvalue weighted by molar-refractivity contribution is 7.89. The molecule has 1 atom stereocenters. The molecule has 0 saturated carbocycles. The molecule has 8 heteroatoms. The summed E-state index contributed by atoms with van der Waals surface area (Å²) in [5, 5.41) is 3.10. The van der Waals surface area contributed by atoms with Crippen LogP contribution in [0.5, 0.6) is 11.5 Å². The molecule has 5 rings (SSSR count). The highest BCUT2D eigenvalue weighted by Gasteiger charge is 2.24. The maximum Gasteiger partial charge on any atom is 0.240 e. The third kappa shape index (κ3) is 4.06. The molecule has 160 valence electrons. The van der Waals surface area contributed by atoms with Crippen molar-refractivity contribution in [2.24, 2.45) is 0 Å². The van der Waals surface area contributed by atoms with Gasteiger partial charge in [-0.3, -0.25) is 0 Å². The van der Waals surface area contributed by atoms with Crippen LogP contribution in [0.4, 0.5) is 0 Å². The molecule has 0 saturated heterocycles. The van der Waals surface area contributed by atoms with Crippen molar-refractivity contribution in [3.63, 3.8) is 0 Å². The standard InChI is InChI=1S/C23H22N2O4S2/c26-31(27,16-8-9-21-22(13-16)29-11-4-10-28-21)25-15-19(23-7-3-12-30-23)18-14-24-20-6-2-1-5-17(18)20/h1-3,5-9,12-14,19,24-25H,4,10-11,15H2. The van der Waals surface area contributed by atoms with E-state index in [0.29, 0.717) is 24.7 Å². The van der Waals surface area contributed by atoms with Crippen LogP contribution in [0.3, 0.4) is 0 Å². The van der Waals surface area contributed by atoms with Crippen LogP contribution in [-0.4, -0.2) is 33.2 Å². The van der Waals surface area contributed by atoms with Gasteiger partial charge in [0.15, 0.2) is 11.5 Å². The highest BCUT2D eigenvalue weighted by Crippen LogP contribution is 2.34. The molecule has 2 aromatic heterocycles. The average Bonchev–Trinajstić information content (AvgIpc) is 3.39. The Kier molecular flexibility index (Phi) is 5.43. The number of para-hydroxylation sites is 1. The van der Waals surface area contributed by atoms with Crippen molar-refractivity contribution >= 4 is 32.3 Å². The van der Waals surface area contributed by atoms with E-state index in [4.69, 9.17) is 9.47 Å². The molecule has 0 fully saturated rings. The van der Waals surface area contributed by atoms with Gasteiger partial charge in [0.05, 0.1) is 18.1 Å². The molecule has 0 radical (unpaired) electrons. The molecule has 1 aliphatic heterocycles. The van der Waals surface area contributed by atoms with E-state index in [9.17, 15) is 8.42 Å². The lowest BCUT2D eigenvalue weighted by Crippen LogP contribution is -2.28. The van der Waals surface area contributed by atoms with Gasteiger partial charge in [-0.2, -0.15) is 0 Å². The lowest BCUT2D eigenvalue weighted by molar-refractivity contribution is 0.297. The molecule has 0 aliphatic carbocycles. The third-order valence-corrected chi connectivity index (χ3v) is 7.80. The number of benzene rings is 2. The van der Waals surface area contributed by atoms with Crippen molar-refractivity contribution in [2.45, 2.75) is 17.2 Å². The maximum absolute atomic E-state index is 13.1. The number of rotatable bonds is 6. The fourth-order valence-electron chi connectivity index (χ4n) is 3.82. The Morgan fingerprint density at radius 1 is 1.03 bits per heavy atom. The SMILES string of the molecule is O=S(=O)(NCC(c1cccs1)c1c[nH]c2ccccc12)c1ccc2c(c1)OCCCO2. The lowest BCUT2D eigenvalue weighted by Gasteiger charge is -2.17. The minimum Gasteiger partial charge on any atom is -0.490 e. The Balaban J connectivity index is 1.43. The van der Waals surface area contributed by atoms with E-state index in [1.54, 1.807) is 23.5 Å². The normalized spacial score (nSPS) is 15.0. The zero-order valence-corrected chi connectivity index (χ0v) is 18.3.